The second-order valence-corrected chi connectivity index (χ2v) is 6.59. The Morgan fingerprint density at radius 2 is 2.07 bits per heavy atom. The molecule has 1 N–H and O–H groups in total. The van der Waals surface area contributed by atoms with Gasteiger partial charge in [-0.1, -0.05) is 17.3 Å². The molecule has 2 heterocycles. The van der Waals surface area contributed by atoms with Crippen molar-refractivity contribution >= 4 is 5.91 Å². The van der Waals surface area contributed by atoms with E-state index >= 15 is 0 Å². The lowest BCUT2D eigenvalue weighted by molar-refractivity contribution is -0.137. The number of alkyl halides is 3. The molecule has 7 nitrogen and oxygen atoms in total. The number of para-hydroxylation sites is 1. The molecule has 1 atom stereocenters. The van der Waals surface area contributed by atoms with E-state index in [0.717, 1.165) is 6.07 Å². The average Bonchev–Trinajstić information content (AvgIpc) is 3.28. The molecule has 1 aliphatic rings. The number of nitrogens with one attached hydrogen (secondary N) is 1. The number of aryl methyl sites for hydroxylation is 1. The number of fused-ring (bicyclic) bond motifs is 1. The number of hydrogen-bond acceptors (Lipinski definition) is 5. The van der Waals surface area contributed by atoms with Gasteiger partial charge in [-0.25, -0.2) is 9.31 Å². The Bertz CT molecular complexity index is 1020. The van der Waals surface area contributed by atoms with Crippen LogP contribution in [0.4, 0.5) is 13.2 Å². The minimum absolute atomic E-state index is 0.0280. The highest BCUT2D eigenvalue weighted by Gasteiger charge is 2.35. The number of carbonyl (C=O) groups excluding carboxylic acids is 1. The predicted molar refractivity (Wildman–Crippen MR) is 90.7 cm³/mol. The van der Waals surface area contributed by atoms with Gasteiger partial charge in [-0.3, -0.25) is 4.79 Å². The molecule has 1 aromatic carbocycles. The fourth-order valence-corrected chi connectivity index (χ4v) is 3.48. The average molecular weight is 391 g/mol. The number of rotatable bonds is 3. The Hall–Kier alpha value is -3.17. The minimum Gasteiger partial charge on any atom is -0.344 e. The van der Waals surface area contributed by atoms with Crippen LogP contribution in [0, 0.1) is 6.92 Å². The molecular weight excluding hydrogens is 375 g/mol. The van der Waals surface area contributed by atoms with Crippen LogP contribution < -0.4 is 5.32 Å². The Labute approximate surface area is 157 Å². The third-order valence-electron chi connectivity index (χ3n) is 4.79. The summed E-state index contributed by atoms with van der Waals surface area (Å²) in [4.78, 5) is 12.4. The molecule has 0 bridgehead atoms. The van der Waals surface area contributed by atoms with Crippen molar-refractivity contribution in [1.82, 2.24) is 25.4 Å². The van der Waals surface area contributed by atoms with Gasteiger partial charge in [0.15, 0.2) is 5.69 Å². The molecule has 1 aliphatic carbocycles. The maximum absolute atomic E-state index is 13.4. The molecule has 0 fully saturated rings. The van der Waals surface area contributed by atoms with Crippen LogP contribution in [0.1, 0.15) is 51.9 Å². The van der Waals surface area contributed by atoms with E-state index in [1.807, 2.05) is 0 Å². The third-order valence-corrected chi connectivity index (χ3v) is 4.79. The molecule has 3 aromatic rings. The summed E-state index contributed by atoms with van der Waals surface area (Å²) in [5, 5.41) is 14.2. The largest absolute Gasteiger partial charge is 0.418 e. The lowest BCUT2D eigenvalue weighted by Gasteiger charge is -2.24. The summed E-state index contributed by atoms with van der Waals surface area (Å²) in [5.41, 5.74) is 1.02. The first-order valence-electron chi connectivity index (χ1n) is 8.69. The summed E-state index contributed by atoms with van der Waals surface area (Å²) < 4.78 is 46.1. The van der Waals surface area contributed by atoms with Crippen molar-refractivity contribution in [3.63, 3.8) is 0 Å². The van der Waals surface area contributed by atoms with Gasteiger partial charge in [0.25, 0.3) is 5.91 Å². The summed E-state index contributed by atoms with van der Waals surface area (Å²) >= 11 is 0. The molecule has 28 heavy (non-hydrogen) atoms. The molecule has 10 heteroatoms. The van der Waals surface area contributed by atoms with Crippen LogP contribution >= 0.6 is 0 Å². The predicted octanol–water partition coefficient (Wildman–Crippen LogP) is 3.39. The van der Waals surface area contributed by atoms with E-state index in [2.05, 4.69) is 25.4 Å². The van der Waals surface area contributed by atoms with Crippen LogP contribution in [0.15, 0.2) is 35.1 Å². The molecule has 1 amide bonds. The monoisotopic (exact) mass is 391 g/mol. The number of benzene rings is 1. The molecule has 4 rings (SSSR count). The summed E-state index contributed by atoms with van der Waals surface area (Å²) in [6.07, 6.45) is -1.06. The normalized spacial score (nSPS) is 16.6. The summed E-state index contributed by atoms with van der Waals surface area (Å²) in [6, 6.07) is 4.94. The standard InChI is InChI=1S/C18H16F3N5O2/c1-10-16(25-28-24-10)17(27)23-13-6-4-8-14-11(13)9-22-26(14)15-7-3-2-5-12(15)18(19,20)21/h2-3,5,7,9,13H,4,6,8H2,1H3,(H,23,27). The zero-order chi connectivity index (χ0) is 19.9. The van der Waals surface area contributed by atoms with Crippen LogP contribution in [0.2, 0.25) is 0 Å². The Morgan fingerprint density at radius 1 is 1.29 bits per heavy atom. The van der Waals surface area contributed by atoms with Crippen LogP contribution in [0.5, 0.6) is 0 Å². The van der Waals surface area contributed by atoms with Crippen molar-refractivity contribution in [2.24, 2.45) is 0 Å². The molecular formula is C18H16F3N5O2. The number of nitrogens with zero attached hydrogens (tertiary/aromatic N) is 4. The highest BCUT2D eigenvalue weighted by molar-refractivity contribution is 5.93. The van der Waals surface area contributed by atoms with E-state index in [-0.39, 0.29) is 17.4 Å². The van der Waals surface area contributed by atoms with Crippen molar-refractivity contribution < 1.29 is 22.6 Å². The second kappa shape index (κ2) is 6.77. The van der Waals surface area contributed by atoms with Gasteiger partial charge < -0.3 is 5.32 Å². The van der Waals surface area contributed by atoms with Crippen molar-refractivity contribution in [2.75, 3.05) is 0 Å². The fourth-order valence-electron chi connectivity index (χ4n) is 3.48. The van der Waals surface area contributed by atoms with Crippen LogP contribution in [0.25, 0.3) is 5.69 Å². The zero-order valence-corrected chi connectivity index (χ0v) is 14.8. The third kappa shape index (κ3) is 3.14. The van der Waals surface area contributed by atoms with Crippen molar-refractivity contribution in [1.29, 1.82) is 0 Å². The molecule has 1 unspecified atom stereocenters. The van der Waals surface area contributed by atoms with Gasteiger partial charge in [-0.05, 0) is 43.5 Å². The van der Waals surface area contributed by atoms with Gasteiger partial charge in [-0.2, -0.15) is 18.3 Å². The molecule has 0 saturated carbocycles. The highest BCUT2D eigenvalue weighted by Crippen LogP contribution is 2.36. The van der Waals surface area contributed by atoms with Gasteiger partial charge >= 0.3 is 6.18 Å². The first kappa shape index (κ1) is 18.2. The van der Waals surface area contributed by atoms with Gasteiger partial charge in [0.1, 0.15) is 5.69 Å². The van der Waals surface area contributed by atoms with Crippen molar-refractivity contribution in [3.8, 4) is 5.69 Å². The Morgan fingerprint density at radius 3 is 2.79 bits per heavy atom. The fraction of sp³-hybridized carbons (Fsp3) is 0.333. The van der Waals surface area contributed by atoms with E-state index in [1.165, 1.54) is 23.0 Å². The van der Waals surface area contributed by atoms with Gasteiger partial charge in [0.2, 0.25) is 0 Å². The Balaban J connectivity index is 1.68. The zero-order valence-electron chi connectivity index (χ0n) is 14.8. The number of aromatic nitrogens is 4. The first-order chi connectivity index (χ1) is 13.4. The van der Waals surface area contributed by atoms with E-state index in [9.17, 15) is 18.0 Å². The number of halogens is 3. The van der Waals surface area contributed by atoms with E-state index in [0.29, 0.717) is 36.2 Å². The molecule has 0 radical (unpaired) electrons. The molecule has 2 aromatic heterocycles. The summed E-state index contributed by atoms with van der Waals surface area (Å²) in [5.74, 6) is -0.444. The van der Waals surface area contributed by atoms with Gasteiger partial charge in [-0.15, -0.1) is 0 Å². The van der Waals surface area contributed by atoms with Crippen molar-refractivity contribution in [3.05, 3.63) is 58.7 Å². The van der Waals surface area contributed by atoms with Crippen molar-refractivity contribution in [2.45, 2.75) is 38.4 Å². The number of amides is 1. The molecule has 146 valence electrons. The smallest absolute Gasteiger partial charge is 0.344 e. The van der Waals surface area contributed by atoms with Crippen LogP contribution in [0.3, 0.4) is 0 Å². The van der Waals surface area contributed by atoms with E-state index in [1.54, 1.807) is 13.0 Å². The molecule has 0 spiro atoms. The first-order valence-corrected chi connectivity index (χ1v) is 8.69. The topological polar surface area (TPSA) is 85.8 Å². The lowest BCUT2D eigenvalue weighted by atomic mass is 9.92. The van der Waals surface area contributed by atoms with Crippen LogP contribution in [-0.4, -0.2) is 26.0 Å². The lowest BCUT2D eigenvalue weighted by Crippen LogP contribution is -2.31. The SMILES string of the molecule is Cc1nonc1C(=O)NC1CCCc2c1cnn2-c1ccccc1C(F)(F)F. The van der Waals surface area contributed by atoms with Crippen LogP contribution in [-0.2, 0) is 12.6 Å². The Kier molecular flexibility index (Phi) is 4.40. The maximum atomic E-state index is 13.4. The minimum atomic E-state index is -4.49. The molecule has 0 saturated heterocycles. The summed E-state index contributed by atoms with van der Waals surface area (Å²) in [7, 11) is 0. The van der Waals surface area contributed by atoms with Gasteiger partial charge in [0.05, 0.1) is 23.5 Å². The van der Waals surface area contributed by atoms with Gasteiger partial charge in [0, 0.05) is 11.3 Å². The number of carbonyl (C=O) groups is 1. The highest BCUT2D eigenvalue weighted by atomic mass is 19.4. The second-order valence-electron chi connectivity index (χ2n) is 6.59. The quantitative estimate of drug-likeness (QED) is 0.740. The molecule has 0 aliphatic heterocycles. The number of hydrogen-bond donors (Lipinski definition) is 1. The van der Waals surface area contributed by atoms with E-state index in [4.69, 9.17) is 0 Å². The summed E-state index contributed by atoms with van der Waals surface area (Å²) in [6.45, 7) is 1.60. The van der Waals surface area contributed by atoms with E-state index < -0.39 is 17.6 Å². The maximum Gasteiger partial charge on any atom is 0.418 e.